The number of pyridine rings is 1. The highest BCUT2D eigenvalue weighted by Crippen LogP contribution is 2.33. The molecule has 1 unspecified atom stereocenters. The van der Waals surface area contributed by atoms with Crippen molar-refractivity contribution < 1.29 is 14.7 Å². The monoisotopic (exact) mass is 325 g/mol. The maximum atomic E-state index is 13.0. The molecule has 2 heterocycles. The topological polar surface area (TPSA) is 73.7 Å². The van der Waals surface area contributed by atoms with Gasteiger partial charge in [-0.15, -0.1) is 0 Å². The van der Waals surface area contributed by atoms with Crippen LogP contribution in [0.1, 0.15) is 27.8 Å². The summed E-state index contributed by atoms with van der Waals surface area (Å²) in [6.45, 7) is 3.56. The second kappa shape index (κ2) is 6.31. The first-order chi connectivity index (χ1) is 11.5. The van der Waals surface area contributed by atoms with E-state index in [-0.39, 0.29) is 11.6 Å². The summed E-state index contributed by atoms with van der Waals surface area (Å²) < 4.78 is 0. The summed E-state index contributed by atoms with van der Waals surface area (Å²) in [4.78, 5) is 31.6. The molecule has 6 nitrogen and oxygen atoms in total. The SMILES string of the molecule is CC1CN(C)c2ccccc2N(C(=O)c2ccc(C(=O)O)nc2)C1. The molecule has 1 aliphatic rings. The summed E-state index contributed by atoms with van der Waals surface area (Å²) >= 11 is 0. The van der Waals surface area contributed by atoms with E-state index in [1.165, 1.54) is 18.3 Å². The lowest BCUT2D eigenvalue weighted by Gasteiger charge is -2.24. The standard InChI is InChI=1S/C18H19N3O3/c1-12-10-20(2)15-5-3-4-6-16(15)21(11-12)17(22)13-7-8-14(18(23)24)19-9-13/h3-9,12H,10-11H2,1-2H3,(H,23,24). The Kier molecular flexibility index (Phi) is 4.20. The van der Waals surface area contributed by atoms with Crippen molar-refractivity contribution in [2.45, 2.75) is 6.92 Å². The second-order valence-corrected chi connectivity index (χ2v) is 6.13. The zero-order chi connectivity index (χ0) is 17.3. The third-order valence-corrected chi connectivity index (χ3v) is 4.14. The van der Waals surface area contributed by atoms with Gasteiger partial charge in [-0.3, -0.25) is 4.79 Å². The van der Waals surface area contributed by atoms with Crippen molar-refractivity contribution in [2.75, 3.05) is 29.9 Å². The average Bonchev–Trinajstić information content (AvgIpc) is 2.71. The molecule has 0 radical (unpaired) electrons. The Hall–Kier alpha value is -2.89. The Morgan fingerprint density at radius 2 is 1.83 bits per heavy atom. The minimum Gasteiger partial charge on any atom is -0.477 e. The fraction of sp³-hybridized carbons (Fsp3) is 0.278. The molecule has 1 aromatic heterocycles. The van der Waals surface area contributed by atoms with Gasteiger partial charge >= 0.3 is 5.97 Å². The molecule has 2 aromatic rings. The van der Waals surface area contributed by atoms with E-state index in [0.717, 1.165) is 17.9 Å². The van der Waals surface area contributed by atoms with Gasteiger partial charge < -0.3 is 14.9 Å². The van der Waals surface area contributed by atoms with E-state index in [2.05, 4.69) is 16.8 Å². The normalized spacial score (nSPS) is 17.2. The number of amides is 1. The van der Waals surface area contributed by atoms with Gasteiger partial charge in [0.25, 0.3) is 5.91 Å². The fourth-order valence-corrected chi connectivity index (χ4v) is 3.04. The van der Waals surface area contributed by atoms with Crippen molar-refractivity contribution in [3.63, 3.8) is 0 Å². The first-order valence-corrected chi connectivity index (χ1v) is 7.78. The summed E-state index contributed by atoms with van der Waals surface area (Å²) in [5.41, 5.74) is 2.17. The highest BCUT2D eigenvalue weighted by atomic mass is 16.4. The first-order valence-electron chi connectivity index (χ1n) is 7.78. The quantitative estimate of drug-likeness (QED) is 0.918. The maximum Gasteiger partial charge on any atom is 0.354 e. The Morgan fingerprint density at radius 1 is 1.12 bits per heavy atom. The number of benzene rings is 1. The number of aromatic nitrogens is 1. The predicted octanol–water partition coefficient (Wildman–Crippen LogP) is 2.51. The van der Waals surface area contributed by atoms with Crippen LogP contribution in [0.5, 0.6) is 0 Å². The molecule has 0 bridgehead atoms. The van der Waals surface area contributed by atoms with Gasteiger partial charge in [0, 0.05) is 26.3 Å². The third-order valence-electron chi connectivity index (χ3n) is 4.14. The summed E-state index contributed by atoms with van der Waals surface area (Å²) in [5.74, 6) is -0.976. The van der Waals surface area contributed by atoms with E-state index in [1.54, 1.807) is 4.90 Å². The van der Waals surface area contributed by atoms with Crippen molar-refractivity contribution in [1.82, 2.24) is 4.98 Å². The van der Waals surface area contributed by atoms with Crippen molar-refractivity contribution >= 4 is 23.3 Å². The zero-order valence-corrected chi connectivity index (χ0v) is 13.6. The van der Waals surface area contributed by atoms with Crippen LogP contribution in [0.25, 0.3) is 0 Å². The summed E-state index contributed by atoms with van der Waals surface area (Å²) in [5, 5.41) is 8.93. The third kappa shape index (κ3) is 2.95. The number of hydrogen-bond donors (Lipinski definition) is 1. The second-order valence-electron chi connectivity index (χ2n) is 6.13. The number of carbonyl (C=O) groups is 2. The summed E-state index contributed by atoms with van der Waals surface area (Å²) in [7, 11) is 2.02. The van der Waals surface area contributed by atoms with E-state index >= 15 is 0 Å². The van der Waals surface area contributed by atoms with Crippen LogP contribution >= 0.6 is 0 Å². The van der Waals surface area contributed by atoms with Gasteiger partial charge in [-0.05, 0) is 30.2 Å². The van der Waals surface area contributed by atoms with E-state index in [4.69, 9.17) is 5.11 Å². The molecule has 0 fully saturated rings. The van der Waals surface area contributed by atoms with Gasteiger partial charge in [-0.1, -0.05) is 19.1 Å². The van der Waals surface area contributed by atoms with Crippen LogP contribution in [0.4, 0.5) is 11.4 Å². The minimum atomic E-state index is -1.11. The van der Waals surface area contributed by atoms with E-state index in [9.17, 15) is 9.59 Å². The molecule has 6 heteroatoms. The number of carbonyl (C=O) groups excluding carboxylic acids is 1. The van der Waals surface area contributed by atoms with Gasteiger partial charge in [-0.2, -0.15) is 0 Å². The summed E-state index contributed by atoms with van der Waals surface area (Å²) in [6.07, 6.45) is 1.33. The van der Waals surface area contributed by atoms with Crippen molar-refractivity contribution in [3.05, 3.63) is 53.9 Å². The molecular weight excluding hydrogens is 306 g/mol. The highest BCUT2D eigenvalue weighted by molar-refractivity contribution is 6.08. The number of nitrogens with zero attached hydrogens (tertiary/aromatic N) is 3. The molecular formula is C18H19N3O3. The Bertz CT molecular complexity index is 773. The number of aromatic carboxylic acids is 1. The minimum absolute atomic E-state index is 0.0732. The zero-order valence-electron chi connectivity index (χ0n) is 13.6. The molecule has 0 saturated carbocycles. The smallest absolute Gasteiger partial charge is 0.354 e. The van der Waals surface area contributed by atoms with Gasteiger partial charge in [0.05, 0.1) is 16.9 Å². The lowest BCUT2D eigenvalue weighted by atomic mass is 10.1. The number of rotatable bonds is 2. The fourth-order valence-electron chi connectivity index (χ4n) is 3.04. The molecule has 124 valence electrons. The van der Waals surface area contributed by atoms with Gasteiger partial charge in [0.2, 0.25) is 0 Å². The van der Waals surface area contributed by atoms with Gasteiger partial charge in [0.1, 0.15) is 5.69 Å². The highest BCUT2D eigenvalue weighted by Gasteiger charge is 2.27. The molecule has 3 rings (SSSR count). The van der Waals surface area contributed by atoms with Crippen molar-refractivity contribution in [2.24, 2.45) is 5.92 Å². The van der Waals surface area contributed by atoms with Crippen molar-refractivity contribution in [1.29, 1.82) is 0 Å². The number of fused-ring (bicyclic) bond motifs is 1. The van der Waals surface area contributed by atoms with Crippen LogP contribution in [-0.4, -0.2) is 42.1 Å². The van der Waals surface area contributed by atoms with Crippen LogP contribution < -0.4 is 9.80 Å². The van der Waals surface area contributed by atoms with Gasteiger partial charge in [0.15, 0.2) is 0 Å². The lowest BCUT2D eigenvalue weighted by Crippen LogP contribution is -2.35. The molecule has 1 aromatic carbocycles. The molecule has 1 atom stereocenters. The predicted molar refractivity (Wildman–Crippen MR) is 91.7 cm³/mol. The van der Waals surface area contributed by atoms with Crippen LogP contribution in [0, 0.1) is 5.92 Å². The van der Waals surface area contributed by atoms with Crippen LogP contribution in [0.3, 0.4) is 0 Å². The molecule has 0 saturated heterocycles. The number of carboxylic acids is 1. The molecule has 1 aliphatic heterocycles. The molecule has 24 heavy (non-hydrogen) atoms. The van der Waals surface area contributed by atoms with Crippen LogP contribution in [0.2, 0.25) is 0 Å². The molecule has 0 aliphatic carbocycles. The molecule has 1 N–H and O–H groups in total. The number of hydrogen-bond acceptors (Lipinski definition) is 4. The number of anilines is 2. The molecule has 1 amide bonds. The number of para-hydroxylation sites is 2. The molecule has 0 spiro atoms. The van der Waals surface area contributed by atoms with E-state index < -0.39 is 5.97 Å². The average molecular weight is 325 g/mol. The number of carboxylic acid groups (broad SMARTS) is 1. The van der Waals surface area contributed by atoms with Crippen LogP contribution in [0.15, 0.2) is 42.6 Å². The van der Waals surface area contributed by atoms with Crippen molar-refractivity contribution in [3.8, 4) is 0 Å². The van der Waals surface area contributed by atoms with Crippen LogP contribution in [-0.2, 0) is 0 Å². The maximum absolute atomic E-state index is 13.0. The summed E-state index contributed by atoms with van der Waals surface area (Å²) in [6, 6.07) is 10.7. The Morgan fingerprint density at radius 3 is 2.46 bits per heavy atom. The van der Waals surface area contributed by atoms with E-state index in [1.807, 2.05) is 31.3 Å². The van der Waals surface area contributed by atoms with Gasteiger partial charge in [-0.25, -0.2) is 9.78 Å². The van der Waals surface area contributed by atoms with E-state index in [0.29, 0.717) is 18.0 Å². The Balaban J connectivity index is 1.98. The lowest BCUT2D eigenvalue weighted by molar-refractivity contribution is 0.0690. The first kappa shape index (κ1) is 16.0. The Labute approximate surface area is 140 Å². The largest absolute Gasteiger partial charge is 0.477 e.